The minimum absolute atomic E-state index is 0.369. The zero-order chi connectivity index (χ0) is 14.1. The zero-order valence-electron chi connectivity index (χ0n) is 11.9. The number of aryl methyl sites for hydroxylation is 2. The lowest BCUT2D eigenvalue weighted by atomic mass is 9.98. The molecule has 2 aromatic rings. The smallest absolute Gasteiger partial charge is 0.157 e. The number of fused-ring (bicyclic) bond motifs is 1. The number of hydrogen-bond donors (Lipinski definition) is 0. The fourth-order valence-electron chi connectivity index (χ4n) is 2.73. The van der Waals surface area contributed by atoms with E-state index in [1.54, 1.807) is 11.3 Å². The molecule has 0 amide bonds. The molecule has 2 aromatic heterocycles. The lowest BCUT2D eigenvalue weighted by molar-refractivity contribution is 0.0137. The fourth-order valence-corrected chi connectivity index (χ4v) is 4.16. The quantitative estimate of drug-likeness (QED) is 0.763. The molecule has 0 unspecified atom stereocenters. The van der Waals surface area contributed by atoms with Crippen LogP contribution in [0.3, 0.4) is 0 Å². The first-order valence-corrected chi connectivity index (χ1v) is 8.38. The van der Waals surface area contributed by atoms with Gasteiger partial charge in [0.2, 0.25) is 0 Å². The van der Waals surface area contributed by atoms with E-state index >= 15 is 0 Å². The topological polar surface area (TPSA) is 35.0 Å². The Kier molecular flexibility index (Phi) is 4.24. The number of ether oxygens (including phenoxy) is 1. The Labute approximate surface area is 128 Å². The third-order valence-corrected chi connectivity index (χ3v) is 5.41. The standard InChI is InChI=1S/C15H19ClN2OS/c1-9-10(2)20-15-13(9)14(16)17-12(18-15)8-19-11-6-4-3-5-7-11/h11H,3-8H2,1-2H3. The van der Waals surface area contributed by atoms with Crippen molar-refractivity contribution < 1.29 is 4.74 Å². The lowest BCUT2D eigenvalue weighted by Gasteiger charge is -2.21. The Bertz CT molecular complexity index is 620. The van der Waals surface area contributed by atoms with E-state index in [0.29, 0.717) is 23.7 Å². The first kappa shape index (κ1) is 14.2. The highest BCUT2D eigenvalue weighted by atomic mass is 35.5. The molecule has 0 atom stereocenters. The molecule has 3 nitrogen and oxygen atoms in total. The molecular weight excluding hydrogens is 292 g/mol. The van der Waals surface area contributed by atoms with Crippen molar-refractivity contribution in [1.82, 2.24) is 9.97 Å². The summed E-state index contributed by atoms with van der Waals surface area (Å²) in [5, 5.41) is 1.55. The number of nitrogens with zero attached hydrogens (tertiary/aromatic N) is 2. The molecule has 0 radical (unpaired) electrons. The normalized spacial score (nSPS) is 16.9. The van der Waals surface area contributed by atoms with Crippen molar-refractivity contribution in [2.45, 2.75) is 58.7 Å². The summed E-state index contributed by atoms with van der Waals surface area (Å²) in [6.07, 6.45) is 6.57. The van der Waals surface area contributed by atoms with Gasteiger partial charge in [-0.15, -0.1) is 11.3 Å². The van der Waals surface area contributed by atoms with Crippen molar-refractivity contribution in [2.24, 2.45) is 0 Å². The highest BCUT2D eigenvalue weighted by Gasteiger charge is 2.16. The highest BCUT2D eigenvalue weighted by Crippen LogP contribution is 2.33. The first-order valence-electron chi connectivity index (χ1n) is 7.19. The zero-order valence-corrected chi connectivity index (χ0v) is 13.5. The third kappa shape index (κ3) is 2.83. The maximum absolute atomic E-state index is 6.30. The molecule has 5 heteroatoms. The molecule has 0 saturated heterocycles. The van der Waals surface area contributed by atoms with Gasteiger partial charge in [-0.05, 0) is 32.3 Å². The summed E-state index contributed by atoms with van der Waals surface area (Å²) in [4.78, 5) is 11.2. The van der Waals surface area contributed by atoms with Crippen molar-refractivity contribution in [3.8, 4) is 0 Å². The maximum Gasteiger partial charge on any atom is 0.157 e. The molecule has 0 N–H and O–H groups in total. The van der Waals surface area contributed by atoms with E-state index in [9.17, 15) is 0 Å². The van der Waals surface area contributed by atoms with Crippen molar-refractivity contribution >= 4 is 33.2 Å². The monoisotopic (exact) mass is 310 g/mol. The second kappa shape index (κ2) is 5.96. The molecule has 1 fully saturated rings. The van der Waals surface area contributed by atoms with Crippen molar-refractivity contribution in [3.05, 3.63) is 21.4 Å². The summed E-state index contributed by atoms with van der Waals surface area (Å²) in [7, 11) is 0. The van der Waals surface area contributed by atoms with Gasteiger partial charge in [0.1, 0.15) is 16.6 Å². The third-order valence-electron chi connectivity index (χ3n) is 4.03. The van der Waals surface area contributed by atoms with E-state index in [0.717, 1.165) is 23.1 Å². The van der Waals surface area contributed by atoms with Gasteiger partial charge in [-0.1, -0.05) is 30.9 Å². The van der Waals surface area contributed by atoms with Gasteiger partial charge in [0.05, 0.1) is 11.5 Å². The second-order valence-electron chi connectivity index (χ2n) is 5.47. The van der Waals surface area contributed by atoms with Crippen LogP contribution in [0.15, 0.2) is 0 Å². The fraction of sp³-hybridized carbons (Fsp3) is 0.600. The molecule has 0 spiro atoms. The Morgan fingerprint density at radius 1 is 1.20 bits per heavy atom. The molecule has 1 aliphatic rings. The van der Waals surface area contributed by atoms with Crippen molar-refractivity contribution in [1.29, 1.82) is 0 Å². The summed E-state index contributed by atoms with van der Waals surface area (Å²) in [5.41, 5.74) is 1.19. The molecule has 1 saturated carbocycles. The van der Waals surface area contributed by atoms with Gasteiger partial charge in [-0.2, -0.15) is 0 Å². The van der Waals surface area contributed by atoms with Crippen LogP contribution in [-0.2, 0) is 11.3 Å². The minimum Gasteiger partial charge on any atom is -0.370 e. The largest absolute Gasteiger partial charge is 0.370 e. The molecule has 0 bridgehead atoms. The molecule has 3 rings (SSSR count). The van der Waals surface area contributed by atoms with Gasteiger partial charge >= 0.3 is 0 Å². The van der Waals surface area contributed by atoms with Crippen LogP contribution in [0.25, 0.3) is 10.2 Å². The van der Waals surface area contributed by atoms with E-state index in [-0.39, 0.29) is 0 Å². The van der Waals surface area contributed by atoms with Crippen molar-refractivity contribution in [2.75, 3.05) is 0 Å². The second-order valence-corrected chi connectivity index (χ2v) is 7.03. The number of rotatable bonds is 3. The van der Waals surface area contributed by atoms with Crippen LogP contribution < -0.4 is 0 Å². The van der Waals surface area contributed by atoms with E-state index in [4.69, 9.17) is 16.3 Å². The summed E-state index contributed by atoms with van der Waals surface area (Å²) in [5.74, 6) is 0.703. The van der Waals surface area contributed by atoms with Crippen LogP contribution in [0.5, 0.6) is 0 Å². The van der Waals surface area contributed by atoms with Gasteiger partial charge in [0, 0.05) is 4.88 Å². The minimum atomic E-state index is 0.369. The van der Waals surface area contributed by atoms with E-state index in [1.165, 1.54) is 29.7 Å². The number of hydrogen-bond acceptors (Lipinski definition) is 4. The van der Waals surface area contributed by atoms with Crippen LogP contribution in [0, 0.1) is 13.8 Å². The molecular formula is C15H19ClN2OS. The van der Waals surface area contributed by atoms with E-state index < -0.39 is 0 Å². The molecule has 2 heterocycles. The van der Waals surface area contributed by atoms with Crippen LogP contribution in [0.4, 0.5) is 0 Å². The summed E-state index contributed by atoms with van der Waals surface area (Å²) < 4.78 is 5.93. The first-order chi connectivity index (χ1) is 9.65. The Hall–Kier alpha value is -0.710. The van der Waals surface area contributed by atoms with Crippen LogP contribution in [0.1, 0.15) is 48.4 Å². The van der Waals surface area contributed by atoms with Crippen molar-refractivity contribution in [3.63, 3.8) is 0 Å². The predicted molar refractivity (Wildman–Crippen MR) is 83.6 cm³/mol. The molecule has 0 aliphatic heterocycles. The van der Waals surface area contributed by atoms with E-state index in [2.05, 4.69) is 23.8 Å². The average Bonchev–Trinajstić information content (AvgIpc) is 2.73. The van der Waals surface area contributed by atoms with Gasteiger partial charge in [-0.25, -0.2) is 9.97 Å². The predicted octanol–water partition coefficient (Wildman–Crippen LogP) is 4.81. The van der Waals surface area contributed by atoms with Crippen LogP contribution >= 0.6 is 22.9 Å². The molecule has 20 heavy (non-hydrogen) atoms. The van der Waals surface area contributed by atoms with Gasteiger partial charge in [0.25, 0.3) is 0 Å². The van der Waals surface area contributed by atoms with E-state index in [1.807, 2.05) is 0 Å². The maximum atomic E-state index is 6.30. The Balaban J connectivity index is 1.78. The molecule has 108 valence electrons. The summed E-state index contributed by atoms with van der Waals surface area (Å²) in [6, 6.07) is 0. The average molecular weight is 311 g/mol. The summed E-state index contributed by atoms with van der Waals surface area (Å²) in [6.45, 7) is 4.63. The van der Waals surface area contributed by atoms with Crippen LogP contribution in [0.2, 0.25) is 5.15 Å². The van der Waals surface area contributed by atoms with Gasteiger partial charge < -0.3 is 4.74 Å². The lowest BCUT2D eigenvalue weighted by Crippen LogP contribution is -2.17. The van der Waals surface area contributed by atoms with Gasteiger partial charge in [0.15, 0.2) is 5.82 Å². The van der Waals surface area contributed by atoms with Gasteiger partial charge in [-0.3, -0.25) is 0 Å². The number of thiophene rings is 1. The Morgan fingerprint density at radius 2 is 1.95 bits per heavy atom. The molecule has 1 aliphatic carbocycles. The van der Waals surface area contributed by atoms with Crippen LogP contribution in [-0.4, -0.2) is 16.1 Å². The highest BCUT2D eigenvalue weighted by molar-refractivity contribution is 7.18. The SMILES string of the molecule is Cc1sc2nc(COC3CCCCC3)nc(Cl)c2c1C. The number of halogens is 1. The summed E-state index contributed by atoms with van der Waals surface area (Å²) >= 11 is 7.98. The molecule has 0 aromatic carbocycles. The number of aromatic nitrogens is 2. The Morgan fingerprint density at radius 3 is 2.70 bits per heavy atom.